The third-order valence-electron chi connectivity index (χ3n) is 3.91. The van der Waals surface area contributed by atoms with Crippen molar-refractivity contribution in [1.29, 1.82) is 0 Å². The van der Waals surface area contributed by atoms with Crippen molar-refractivity contribution in [2.24, 2.45) is 0 Å². The molecule has 27 heavy (non-hydrogen) atoms. The van der Waals surface area contributed by atoms with Gasteiger partial charge in [-0.3, -0.25) is 14.2 Å². The summed E-state index contributed by atoms with van der Waals surface area (Å²) in [4.78, 5) is 37.0. The van der Waals surface area contributed by atoms with Crippen LogP contribution in [0, 0.1) is 0 Å². The first-order chi connectivity index (χ1) is 12.6. The minimum absolute atomic E-state index is 0.0999. The molecule has 2 rings (SSSR count). The third kappa shape index (κ3) is 4.98. The van der Waals surface area contributed by atoms with E-state index < -0.39 is 48.6 Å². The predicted molar refractivity (Wildman–Crippen MR) is 84.8 cm³/mol. The molecule has 4 N–H and O–H groups in total. The third-order valence-corrected chi connectivity index (χ3v) is 3.91. The van der Waals surface area contributed by atoms with Crippen LogP contribution in [0.2, 0.25) is 0 Å². The number of anilines is 1. The molecule has 1 fully saturated rings. The van der Waals surface area contributed by atoms with Gasteiger partial charge in [0.15, 0.2) is 6.10 Å². The van der Waals surface area contributed by atoms with Crippen LogP contribution in [0.3, 0.4) is 0 Å². The van der Waals surface area contributed by atoms with Crippen molar-refractivity contribution >= 4 is 17.8 Å². The van der Waals surface area contributed by atoms with Gasteiger partial charge >= 0.3 is 23.6 Å². The highest BCUT2D eigenvalue weighted by molar-refractivity contribution is 5.69. The lowest BCUT2D eigenvalue weighted by atomic mass is 10.1. The summed E-state index contributed by atoms with van der Waals surface area (Å²) in [6.07, 6.45) is -4.72. The lowest BCUT2D eigenvalue weighted by Crippen LogP contribution is -2.42. The van der Waals surface area contributed by atoms with Gasteiger partial charge in [-0.05, 0) is 18.9 Å². The number of rotatable bonds is 8. The fourth-order valence-corrected chi connectivity index (χ4v) is 2.50. The molecule has 10 nitrogen and oxygen atoms in total. The first-order valence-electron chi connectivity index (χ1n) is 8.06. The summed E-state index contributed by atoms with van der Waals surface area (Å²) < 4.78 is 38.9. The Morgan fingerprint density at radius 2 is 2.04 bits per heavy atom. The number of carboxylic acid groups (broad SMARTS) is 1. The Balaban J connectivity index is 1.94. The molecule has 12 heteroatoms. The first kappa shape index (κ1) is 20.7. The van der Waals surface area contributed by atoms with Gasteiger partial charge in [0.2, 0.25) is 6.23 Å². The maximum Gasteiger partial charge on any atom is 0.351 e. The number of esters is 1. The van der Waals surface area contributed by atoms with Crippen molar-refractivity contribution in [3.63, 3.8) is 0 Å². The molecule has 0 bridgehead atoms. The average molecular weight is 391 g/mol. The summed E-state index contributed by atoms with van der Waals surface area (Å²) in [6.45, 7) is -0.651. The van der Waals surface area contributed by atoms with Gasteiger partial charge in [-0.25, -0.2) is 4.79 Å². The zero-order valence-electron chi connectivity index (χ0n) is 14.1. The molecule has 3 atom stereocenters. The quantitative estimate of drug-likeness (QED) is 0.407. The number of aliphatic carboxylic acids is 1. The lowest BCUT2D eigenvalue weighted by molar-refractivity contribution is -0.151. The molecule has 0 aromatic carbocycles. The number of ether oxygens (including phenoxy) is 2. The fraction of sp³-hybridized carbons (Fsp3) is 0.600. The van der Waals surface area contributed by atoms with Gasteiger partial charge in [0.05, 0.1) is 0 Å². The number of hydrogen-bond acceptors (Lipinski definition) is 8. The van der Waals surface area contributed by atoms with Crippen molar-refractivity contribution in [2.75, 3.05) is 12.3 Å². The summed E-state index contributed by atoms with van der Waals surface area (Å²) in [6, 6.07) is 1.12. The van der Waals surface area contributed by atoms with E-state index in [-0.39, 0.29) is 31.5 Å². The van der Waals surface area contributed by atoms with Gasteiger partial charge in [-0.1, -0.05) is 0 Å². The standard InChI is InChI=1S/C15H19F2N3O7/c16-15(17)12(24)8(7-26-11(23)4-2-1-3-10(21)22)27-13(15)20-6-5-9(18)19-14(20)25/h5-6,8,12-13,24H,1-4,7H2,(H,21,22)(H2,18,19,25)/t8-,12-,13-/m1/s1. The van der Waals surface area contributed by atoms with E-state index in [1.54, 1.807) is 0 Å². The molecule has 1 aromatic heterocycles. The van der Waals surface area contributed by atoms with E-state index in [2.05, 4.69) is 4.98 Å². The molecule has 150 valence electrons. The summed E-state index contributed by atoms with van der Waals surface area (Å²) in [5.74, 6) is -5.73. The number of nitrogen functional groups attached to an aromatic ring is 1. The normalized spacial score (nSPS) is 23.9. The monoisotopic (exact) mass is 391 g/mol. The molecule has 0 aliphatic carbocycles. The molecule has 1 aromatic rings. The lowest BCUT2D eigenvalue weighted by Gasteiger charge is -2.20. The van der Waals surface area contributed by atoms with Crippen LogP contribution in [0.5, 0.6) is 0 Å². The van der Waals surface area contributed by atoms with Crippen LogP contribution in [0.15, 0.2) is 17.1 Å². The Bertz CT molecular complexity index is 755. The number of nitrogens with two attached hydrogens (primary N) is 1. The number of unbranched alkanes of at least 4 members (excludes halogenated alkanes) is 1. The minimum atomic E-state index is -3.83. The highest BCUT2D eigenvalue weighted by Crippen LogP contribution is 2.42. The van der Waals surface area contributed by atoms with Crippen molar-refractivity contribution in [3.05, 3.63) is 22.7 Å². The van der Waals surface area contributed by atoms with Crippen LogP contribution in [-0.4, -0.2) is 56.4 Å². The summed E-state index contributed by atoms with van der Waals surface area (Å²) in [5, 5.41) is 18.3. The molecule has 0 saturated carbocycles. The van der Waals surface area contributed by atoms with Crippen molar-refractivity contribution in [2.45, 2.75) is 50.0 Å². The second-order valence-corrected chi connectivity index (χ2v) is 5.97. The van der Waals surface area contributed by atoms with E-state index in [1.165, 1.54) is 0 Å². The average Bonchev–Trinajstić information content (AvgIpc) is 2.80. The molecule has 1 saturated heterocycles. The van der Waals surface area contributed by atoms with E-state index >= 15 is 0 Å². The Kier molecular flexibility index (Phi) is 6.44. The smallest absolute Gasteiger partial charge is 0.351 e. The van der Waals surface area contributed by atoms with E-state index in [0.717, 1.165) is 12.3 Å². The number of aliphatic hydroxyl groups is 1. The highest BCUT2D eigenvalue weighted by Gasteiger charge is 2.60. The predicted octanol–water partition coefficient (Wildman–Crippen LogP) is -0.0927. The summed E-state index contributed by atoms with van der Waals surface area (Å²) in [5.41, 5.74) is 4.22. The number of nitrogens with zero attached hydrogens (tertiary/aromatic N) is 2. The molecule has 1 aliphatic heterocycles. The maximum absolute atomic E-state index is 14.3. The van der Waals surface area contributed by atoms with Crippen LogP contribution < -0.4 is 11.4 Å². The van der Waals surface area contributed by atoms with Gasteiger partial charge in [0.1, 0.15) is 18.5 Å². The van der Waals surface area contributed by atoms with Gasteiger partial charge in [0.25, 0.3) is 0 Å². The summed E-state index contributed by atoms with van der Waals surface area (Å²) in [7, 11) is 0. The van der Waals surface area contributed by atoms with Crippen LogP contribution in [0.25, 0.3) is 0 Å². The largest absolute Gasteiger partial charge is 0.481 e. The molecule has 2 heterocycles. The number of carbonyl (C=O) groups excluding carboxylic acids is 1. The van der Waals surface area contributed by atoms with Gasteiger partial charge in [-0.15, -0.1) is 0 Å². The number of aliphatic hydroxyl groups excluding tert-OH is 1. The molecule has 0 amide bonds. The zero-order valence-corrected chi connectivity index (χ0v) is 14.1. The molecule has 0 unspecified atom stereocenters. The van der Waals surface area contributed by atoms with Crippen molar-refractivity contribution < 1.29 is 38.1 Å². The number of aromatic nitrogens is 2. The fourth-order valence-electron chi connectivity index (χ4n) is 2.50. The van der Waals surface area contributed by atoms with Gasteiger partial charge in [0, 0.05) is 19.0 Å². The second-order valence-electron chi connectivity index (χ2n) is 5.97. The molecular weight excluding hydrogens is 372 g/mol. The minimum Gasteiger partial charge on any atom is -0.481 e. The summed E-state index contributed by atoms with van der Waals surface area (Å²) >= 11 is 0. The number of halogens is 2. The van der Waals surface area contributed by atoms with E-state index in [1.807, 2.05) is 0 Å². The number of carboxylic acids is 1. The van der Waals surface area contributed by atoms with Crippen LogP contribution in [0.4, 0.5) is 14.6 Å². The van der Waals surface area contributed by atoms with Gasteiger partial charge in [-0.2, -0.15) is 13.8 Å². The number of hydrogen-bond donors (Lipinski definition) is 3. The Morgan fingerprint density at radius 1 is 1.37 bits per heavy atom. The van der Waals surface area contributed by atoms with Gasteiger partial charge < -0.3 is 25.4 Å². The van der Waals surface area contributed by atoms with Crippen LogP contribution in [0.1, 0.15) is 31.9 Å². The molecule has 0 radical (unpaired) electrons. The van der Waals surface area contributed by atoms with E-state index in [9.17, 15) is 28.3 Å². The zero-order chi connectivity index (χ0) is 20.2. The Morgan fingerprint density at radius 3 is 2.67 bits per heavy atom. The van der Waals surface area contributed by atoms with Crippen molar-refractivity contribution in [1.82, 2.24) is 9.55 Å². The Hall–Kier alpha value is -2.60. The first-order valence-corrected chi connectivity index (χ1v) is 8.06. The Labute approximate surface area is 151 Å². The van der Waals surface area contributed by atoms with Crippen molar-refractivity contribution in [3.8, 4) is 0 Å². The molecule has 1 aliphatic rings. The van der Waals surface area contributed by atoms with Crippen LogP contribution in [-0.2, 0) is 19.1 Å². The van der Waals surface area contributed by atoms with E-state index in [4.69, 9.17) is 20.3 Å². The number of alkyl halides is 2. The SMILES string of the molecule is Nc1ccn([C@@H]2O[C@H](COC(=O)CCCCC(=O)O)[C@@H](O)C2(F)F)c(=O)n1. The van der Waals surface area contributed by atoms with E-state index in [0.29, 0.717) is 4.57 Å². The molecular formula is C15H19F2N3O7. The second kappa shape index (κ2) is 8.39. The van der Waals surface area contributed by atoms with Crippen LogP contribution >= 0.6 is 0 Å². The highest BCUT2D eigenvalue weighted by atomic mass is 19.3. The maximum atomic E-state index is 14.3. The topological polar surface area (TPSA) is 154 Å². The molecule has 0 spiro atoms. The number of carbonyl (C=O) groups is 2.